The van der Waals surface area contributed by atoms with E-state index in [9.17, 15) is 20.4 Å². The van der Waals surface area contributed by atoms with Gasteiger partial charge in [-0.3, -0.25) is 9.80 Å². The van der Waals surface area contributed by atoms with Crippen LogP contribution >= 0.6 is 21.6 Å². The second kappa shape index (κ2) is 22.0. The Morgan fingerprint density at radius 2 is 0.750 bits per heavy atom. The summed E-state index contributed by atoms with van der Waals surface area (Å²) in [4.78, 5) is 4.39. The second-order valence-electron chi connectivity index (χ2n) is 8.93. The standard InChI is InChI=1S/C24H52N2O4S2/c1-5-9-21(27)17-25(18-22(28)10-6-2)13-15-31-32-16-14-26(19-23(29)11-7-3)20-24(30)12-8-4/h21-24,27-30H,5-20H2,1-4H3. The van der Waals surface area contributed by atoms with Gasteiger partial charge in [-0.2, -0.15) is 0 Å². The molecule has 4 unspecified atom stereocenters. The highest BCUT2D eigenvalue weighted by Gasteiger charge is 2.16. The molecule has 0 amide bonds. The number of nitrogens with zero attached hydrogens (tertiary/aromatic N) is 2. The molecule has 0 aromatic rings. The number of aliphatic hydroxyl groups excluding tert-OH is 4. The third-order valence-electron chi connectivity index (χ3n) is 5.43. The number of rotatable bonds is 23. The van der Waals surface area contributed by atoms with Crippen molar-refractivity contribution in [3.63, 3.8) is 0 Å². The second-order valence-corrected chi connectivity index (χ2v) is 11.6. The minimum atomic E-state index is -0.330. The van der Waals surface area contributed by atoms with Crippen molar-refractivity contribution in [2.24, 2.45) is 0 Å². The monoisotopic (exact) mass is 496 g/mol. The van der Waals surface area contributed by atoms with E-state index in [1.54, 1.807) is 0 Å². The molecule has 32 heavy (non-hydrogen) atoms. The molecular formula is C24H52N2O4S2. The van der Waals surface area contributed by atoms with Gasteiger partial charge in [0.15, 0.2) is 0 Å². The minimum absolute atomic E-state index is 0.330. The first-order valence-corrected chi connectivity index (χ1v) is 15.3. The molecule has 8 heteroatoms. The van der Waals surface area contributed by atoms with Crippen LogP contribution in [0.1, 0.15) is 79.1 Å². The Kier molecular flexibility index (Phi) is 22.3. The Morgan fingerprint density at radius 3 is 0.969 bits per heavy atom. The minimum Gasteiger partial charge on any atom is -0.392 e. The molecule has 0 aliphatic heterocycles. The highest BCUT2D eigenvalue weighted by atomic mass is 33.1. The fraction of sp³-hybridized carbons (Fsp3) is 1.00. The predicted octanol–water partition coefficient (Wildman–Crippen LogP) is 3.62. The van der Waals surface area contributed by atoms with Crippen LogP contribution in [0, 0.1) is 0 Å². The van der Waals surface area contributed by atoms with Gasteiger partial charge in [0.2, 0.25) is 0 Å². The van der Waals surface area contributed by atoms with Crippen LogP contribution in [-0.2, 0) is 0 Å². The summed E-state index contributed by atoms with van der Waals surface area (Å²) in [5.74, 6) is 1.89. The molecule has 0 spiro atoms. The molecular weight excluding hydrogens is 444 g/mol. The number of hydrogen-bond acceptors (Lipinski definition) is 8. The zero-order valence-corrected chi connectivity index (χ0v) is 22.8. The lowest BCUT2D eigenvalue weighted by Gasteiger charge is -2.27. The van der Waals surface area contributed by atoms with Crippen LogP contribution in [0.3, 0.4) is 0 Å². The normalized spacial score (nSPS) is 15.9. The van der Waals surface area contributed by atoms with Gasteiger partial charge in [-0.1, -0.05) is 75.0 Å². The zero-order chi connectivity index (χ0) is 24.2. The van der Waals surface area contributed by atoms with Crippen molar-refractivity contribution < 1.29 is 20.4 Å². The molecule has 6 nitrogen and oxygen atoms in total. The Morgan fingerprint density at radius 1 is 0.500 bits per heavy atom. The van der Waals surface area contributed by atoms with Gasteiger partial charge in [0.1, 0.15) is 0 Å². The molecule has 0 aliphatic rings. The van der Waals surface area contributed by atoms with E-state index in [1.807, 2.05) is 21.6 Å². The van der Waals surface area contributed by atoms with Gasteiger partial charge in [-0.05, 0) is 25.7 Å². The Labute approximate surface area is 205 Å². The van der Waals surface area contributed by atoms with Crippen molar-refractivity contribution in [2.45, 2.75) is 103 Å². The Hall–Kier alpha value is 0.460. The first-order chi connectivity index (χ1) is 15.4. The van der Waals surface area contributed by atoms with E-state index in [2.05, 4.69) is 37.5 Å². The molecule has 0 aromatic carbocycles. The largest absolute Gasteiger partial charge is 0.392 e. The van der Waals surface area contributed by atoms with Gasteiger partial charge in [0.25, 0.3) is 0 Å². The Bertz CT molecular complexity index is 346. The first-order valence-electron chi connectivity index (χ1n) is 12.8. The fourth-order valence-electron chi connectivity index (χ4n) is 3.86. The van der Waals surface area contributed by atoms with Crippen molar-refractivity contribution in [3.8, 4) is 0 Å². The van der Waals surface area contributed by atoms with Crippen LogP contribution < -0.4 is 0 Å². The summed E-state index contributed by atoms with van der Waals surface area (Å²) in [5, 5.41) is 40.8. The van der Waals surface area contributed by atoms with E-state index in [1.165, 1.54) is 0 Å². The van der Waals surface area contributed by atoms with Crippen LogP contribution in [0.4, 0.5) is 0 Å². The van der Waals surface area contributed by atoms with Crippen LogP contribution in [0.5, 0.6) is 0 Å². The van der Waals surface area contributed by atoms with E-state index in [0.717, 1.165) is 76.0 Å². The first kappa shape index (κ1) is 32.5. The van der Waals surface area contributed by atoms with Crippen molar-refractivity contribution in [2.75, 3.05) is 50.8 Å². The molecule has 0 aromatic heterocycles. The predicted molar refractivity (Wildman–Crippen MR) is 141 cm³/mol. The Balaban J connectivity index is 4.37. The highest BCUT2D eigenvalue weighted by Crippen LogP contribution is 2.21. The quantitative estimate of drug-likeness (QED) is 0.126. The van der Waals surface area contributed by atoms with Gasteiger partial charge in [0, 0.05) is 50.8 Å². The summed E-state index contributed by atoms with van der Waals surface area (Å²) in [6, 6.07) is 0. The molecule has 0 aliphatic carbocycles. The number of aliphatic hydroxyl groups is 4. The van der Waals surface area contributed by atoms with Crippen LogP contribution in [0.15, 0.2) is 0 Å². The maximum absolute atomic E-state index is 10.2. The summed E-state index contributed by atoms with van der Waals surface area (Å²) >= 11 is 0. The van der Waals surface area contributed by atoms with Crippen molar-refractivity contribution in [1.29, 1.82) is 0 Å². The molecule has 4 N–H and O–H groups in total. The lowest BCUT2D eigenvalue weighted by Crippen LogP contribution is -2.39. The van der Waals surface area contributed by atoms with Crippen molar-refractivity contribution >= 4 is 21.6 Å². The lowest BCUT2D eigenvalue weighted by molar-refractivity contribution is 0.0649. The van der Waals surface area contributed by atoms with Crippen LogP contribution in [0.2, 0.25) is 0 Å². The average Bonchev–Trinajstić information content (AvgIpc) is 2.70. The maximum atomic E-state index is 10.2. The molecule has 0 saturated carbocycles. The SMILES string of the molecule is CCCC(O)CN(CCSSCCN(CC(O)CCC)CC(O)CCC)CC(O)CCC. The third kappa shape index (κ3) is 18.8. The summed E-state index contributed by atoms with van der Waals surface area (Å²) < 4.78 is 0. The molecule has 0 saturated heterocycles. The maximum Gasteiger partial charge on any atom is 0.0667 e. The van der Waals surface area contributed by atoms with E-state index in [4.69, 9.17) is 0 Å². The highest BCUT2D eigenvalue weighted by molar-refractivity contribution is 8.76. The third-order valence-corrected chi connectivity index (χ3v) is 7.79. The fourth-order valence-corrected chi connectivity index (χ4v) is 5.91. The molecule has 0 radical (unpaired) electrons. The van der Waals surface area contributed by atoms with Crippen LogP contribution in [0.25, 0.3) is 0 Å². The van der Waals surface area contributed by atoms with E-state index in [-0.39, 0.29) is 24.4 Å². The molecule has 0 heterocycles. The average molecular weight is 497 g/mol. The number of hydrogen-bond donors (Lipinski definition) is 4. The molecule has 4 atom stereocenters. The summed E-state index contributed by atoms with van der Waals surface area (Å²) in [6.45, 7) is 12.5. The van der Waals surface area contributed by atoms with Gasteiger partial charge in [-0.25, -0.2) is 0 Å². The van der Waals surface area contributed by atoms with E-state index >= 15 is 0 Å². The lowest BCUT2D eigenvalue weighted by atomic mass is 10.1. The molecule has 194 valence electrons. The smallest absolute Gasteiger partial charge is 0.0667 e. The molecule has 0 bridgehead atoms. The topological polar surface area (TPSA) is 87.4 Å². The summed E-state index contributed by atoms with van der Waals surface area (Å²) in [6.07, 6.45) is 5.74. The summed E-state index contributed by atoms with van der Waals surface area (Å²) in [7, 11) is 3.65. The van der Waals surface area contributed by atoms with Crippen molar-refractivity contribution in [1.82, 2.24) is 9.80 Å². The van der Waals surface area contributed by atoms with Gasteiger partial charge in [0.05, 0.1) is 24.4 Å². The van der Waals surface area contributed by atoms with Crippen LogP contribution in [-0.4, -0.2) is 105 Å². The molecule has 0 fully saturated rings. The van der Waals surface area contributed by atoms with E-state index < -0.39 is 0 Å². The zero-order valence-electron chi connectivity index (χ0n) is 21.1. The molecule has 0 rings (SSSR count). The van der Waals surface area contributed by atoms with Crippen molar-refractivity contribution in [3.05, 3.63) is 0 Å². The van der Waals surface area contributed by atoms with Gasteiger partial charge < -0.3 is 20.4 Å². The summed E-state index contributed by atoms with van der Waals surface area (Å²) in [5.41, 5.74) is 0. The van der Waals surface area contributed by atoms with Gasteiger partial charge >= 0.3 is 0 Å². The van der Waals surface area contributed by atoms with Gasteiger partial charge in [-0.15, -0.1) is 0 Å². The van der Waals surface area contributed by atoms with E-state index in [0.29, 0.717) is 26.2 Å².